The van der Waals surface area contributed by atoms with Gasteiger partial charge in [-0.25, -0.2) is 15.0 Å². The number of aromatic nitrogens is 5. The molecule has 0 amide bonds. The Labute approximate surface area is 172 Å². The van der Waals surface area contributed by atoms with E-state index in [1.165, 1.54) is 0 Å². The van der Waals surface area contributed by atoms with E-state index in [0.717, 1.165) is 60.2 Å². The summed E-state index contributed by atoms with van der Waals surface area (Å²) in [5.74, 6) is 0.884. The highest BCUT2D eigenvalue weighted by Gasteiger charge is 2.50. The molecule has 1 spiro atoms. The van der Waals surface area contributed by atoms with Crippen molar-refractivity contribution in [2.24, 2.45) is 5.41 Å². The van der Waals surface area contributed by atoms with Gasteiger partial charge in [0.1, 0.15) is 23.9 Å². The number of carbonyl (C=O) groups excluding carboxylic acids is 1. The molecule has 1 atom stereocenters. The van der Waals surface area contributed by atoms with Gasteiger partial charge in [-0.05, 0) is 31.0 Å². The maximum atomic E-state index is 12.9. The smallest absolute Gasteiger partial charge is 0.312 e. The lowest BCUT2D eigenvalue weighted by Crippen LogP contribution is -2.43. The van der Waals surface area contributed by atoms with Crippen molar-refractivity contribution in [2.45, 2.75) is 31.9 Å². The minimum absolute atomic E-state index is 0.0500. The van der Waals surface area contributed by atoms with Crippen LogP contribution in [0.1, 0.15) is 19.3 Å². The van der Waals surface area contributed by atoms with Crippen molar-refractivity contribution in [1.82, 2.24) is 24.5 Å². The second kappa shape index (κ2) is 6.55. The zero-order valence-electron chi connectivity index (χ0n) is 16.5. The third-order valence-electron chi connectivity index (χ3n) is 6.61. The predicted molar refractivity (Wildman–Crippen MR) is 112 cm³/mol. The minimum Gasteiger partial charge on any atom is -0.460 e. The maximum absolute atomic E-state index is 12.9. The van der Waals surface area contributed by atoms with Gasteiger partial charge in [-0.1, -0.05) is 12.1 Å². The summed E-state index contributed by atoms with van der Waals surface area (Å²) in [4.78, 5) is 31.5. The molecule has 0 radical (unpaired) electrons. The maximum Gasteiger partial charge on any atom is 0.312 e. The van der Waals surface area contributed by atoms with E-state index in [1.807, 2.05) is 36.8 Å². The molecule has 2 fully saturated rings. The van der Waals surface area contributed by atoms with Crippen LogP contribution in [0.2, 0.25) is 0 Å². The molecule has 2 saturated heterocycles. The standard InChI is InChI=1S/C22H22N6O2/c29-21-22(11-15(30-21)12-28-14-26-17-3-1-2-4-18(17)28)6-9-27(10-7-22)20-16-5-8-23-19(16)24-13-25-20/h1-5,8,13-15H,6-7,9-12H2,(H,23,24,25). The van der Waals surface area contributed by atoms with Gasteiger partial charge in [-0.15, -0.1) is 0 Å². The van der Waals surface area contributed by atoms with Gasteiger partial charge < -0.3 is 19.2 Å². The highest BCUT2D eigenvalue weighted by Crippen LogP contribution is 2.44. The lowest BCUT2D eigenvalue weighted by atomic mass is 9.76. The van der Waals surface area contributed by atoms with Crippen LogP contribution in [0.4, 0.5) is 5.82 Å². The number of carbonyl (C=O) groups is 1. The molecule has 2 aliphatic rings. The number of nitrogens with zero attached hydrogens (tertiary/aromatic N) is 5. The van der Waals surface area contributed by atoms with Gasteiger partial charge in [0, 0.05) is 25.7 Å². The van der Waals surface area contributed by atoms with E-state index in [4.69, 9.17) is 4.74 Å². The van der Waals surface area contributed by atoms with E-state index < -0.39 is 0 Å². The van der Waals surface area contributed by atoms with Crippen LogP contribution in [-0.4, -0.2) is 49.7 Å². The second-order valence-electron chi connectivity index (χ2n) is 8.32. The van der Waals surface area contributed by atoms with Crippen molar-refractivity contribution < 1.29 is 9.53 Å². The Kier molecular flexibility index (Phi) is 3.81. The summed E-state index contributed by atoms with van der Waals surface area (Å²) >= 11 is 0. The largest absolute Gasteiger partial charge is 0.460 e. The van der Waals surface area contributed by atoms with Crippen LogP contribution < -0.4 is 4.90 Å². The number of hydrogen-bond donors (Lipinski definition) is 1. The molecule has 0 saturated carbocycles. The van der Waals surface area contributed by atoms with E-state index in [0.29, 0.717) is 6.54 Å². The van der Waals surface area contributed by atoms with E-state index in [1.54, 1.807) is 6.33 Å². The van der Waals surface area contributed by atoms with Crippen LogP contribution in [-0.2, 0) is 16.1 Å². The minimum atomic E-state index is -0.387. The number of anilines is 1. The summed E-state index contributed by atoms with van der Waals surface area (Å²) in [7, 11) is 0. The number of benzene rings is 1. The first-order chi connectivity index (χ1) is 14.7. The first-order valence-corrected chi connectivity index (χ1v) is 10.4. The van der Waals surface area contributed by atoms with E-state index in [9.17, 15) is 4.79 Å². The van der Waals surface area contributed by atoms with Gasteiger partial charge in [-0.3, -0.25) is 4.79 Å². The summed E-state index contributed by atoms with van der Waals surface area (Å²) in [6, 6.07) is 10.0. The second-order valence-corrected chi connectivity index (χ2v) is 8.32. The molecule has 1 aromatic carbocycles. The molecule has 0 aliphatic carbocycles. The lowest BCUT2D eigenvalue weighted by Gasteiger charge is -2.37. The number of esters is 1. The van der Waals surface area contributed by atoms with Crippen LogP contribution in [0.25, 0.3) is 22.1 Å². The molecule has 30 heavy (non-hydrogen) atoms. The van der Waals surface area contributed by atoms with Crippen molar-refractivity contribution in [2.75, 3.05) is 18.0 Å². The molecule has 2 aliphatic heterocycles. The number of aromatic amines is 1. The average Bonchev–Trinajstić information content (AvgIpc) is 3.48. The van der Waals surface area contributed by atoms with Gasteiger partial charge in [-0.2, -0.15) is 0 Å². The van der Waals surface area contributed by atoms with Crippen LogP contribution in [0.15, 0.2) is 49.2 Å². The van der Waals surface area contributed by atoms with E-state index in [-0.39, 0.29) is 17.5 Å². The van der Waals surface area contributed by atoms with Crippen molar-refractivity contribution >= 4 is 33.9 Å². The molecule has 0 bridgehead atoms. The van der Waals surface area contributed by atoms with Crippen molar-refractivity contribution in [3.05, 3.63) is 49.2 Å². The highest BCUT2D eigenvalue weighted by atomic mass is 16.6. The molecule has 4 aromatic rings. The topological polar surface area (TPSA) is 88.9 Å². The van der Waals surface area contributed by atoms with Gasteiger partial charge in [0.25, 0.3) is 0 Å². The predicted octanol–water partition coefficient (Wildman–Crippen LogP) is 2.91. The molecule has 152 valence electrons. The summed E-state index contributed by atoms with van der Waals surface area (Å²) in [6.07, 6.45) is 7.52. The fourth-order valence-electron chi connectivity index (χ4n) is 4.98. The van der Waals surface area contributed by atoms with Gasteiger partial charge in [0.15, 0.2) is 0 Å². The van der Waals surface area contributed by atoms with Gasteiger partial charge in [0.05, 0.1) is 34.7 Å². The number of H-pyrrole nitrogens is 1. The number of imidazole rings is 1. The van der Waals surface area contributed by atoms with Gasteiger partial charge >= 0.3 is 5.97 Å². The lowest BCUT2D eigenvalue weighted by molar-refractivity contribution is -0.150. The fourth-order valence-corrected chi connectivity index (χ4v) is 4.98. The zero-order chi connectivity index (χ0) is 20.1. The number of rotatable bonds is 3. The number of fused-ring (bicyclic) bond motifs is 2. The fraction of sp³-hybridized carbons (Fsp3) is 0.364. The van der Waals surface area contributed by atoms with E-state index in [2.05, 4.69) is 35.5 Å². The first kappa shape index (κ1) is 17.4. The summed E-state index contributed by atoms with van der Waals surface area (Å²) in [5.41, 5.74) is 2.49. The highest BCUT2D eigenvalue weighted by molar-refractivity contribution is 5.87. The summed E-state index contributed by atoms with van der Waals surface area (Å²) in [5, 5.41) is 1.02. The molecule has 1 unspecified atom stereocenters. The quantitative estimate of drug-likeness (QED) is 0.530. The average molecular weight is 402 g/mol. The Hall–Kier alpha value is -3.42. The van der Waals surface area contributed by atoms with E-state index >= 15 is 0 Å². The molecular weight excluding hydrogens is 380 g/mol. The molecular formula is C22H22N6O2. The molecule has 3 aromatic heterocycles. The normalized spacial score (nSPS) is 21.0. The third-order valence-corrected chi connectivity index (χ3v) is 6.61. The number of cyclic esters (lactones) is 1. The molecule has 1 N–H and O–H groups in total. The van der Waals surface area contributed by atoms with Crippen LogP contribution in [0.3, 0.4) is 0 Å². The Morgan fingerprint density at radius 1 is 1.13 bits per heavy atom. The van der Waals surface area contributed by atoms with Crippen molar-refractivity contribution in [1.29, 1.82) is 0 Å². The number of nitrogens with one attached hydrogen (secondary N) is 1. The van der Waals surface area contributed by atoms with Crippen molar-refractivity contribution in [3.8, 4) is 0 Å². The molecule has 6 rings (SSSR count). The zero-order valence-corrected chi connectivity index (χ0v) is 16.5. The molecule has 8 nitrogen and oxygen atoms in total. The number of para-hydroxylation sites is 2. The summed E-state index contributed by atoms with van der Waals surface area (Å²) < 4.78 is 7.93. The number of hydrogen-bond acceptors (Lipinski definition) is 6. The number of piperidine rings is 1. The summed E-state index contributed by atoms with van der Waals surface area (Å²) in [6.45, 7) is 2.22. The van der Waals surface area contributed by atoms with Gasteiger partial charge in [0.2, 0.25) is 0 Å². The Morgan fingerprint density at radius 2 is 2.00 bits per heavy atom. The Bertz CT molecular complexity index is 1240. The Morgan fingerprint density at radius 3 is 2.90 bits per heavy atom. The van der Waals surface area contributed by atoms with Crippen LogP contribution >= 0.6 is 0 Å². The molecule has 8 heteroatoms. The van der Waals surface area contributed by atoms with Crippen LogP contribution in [0.5, 0.6) is 0 Å². The SMILES string of the molecule is O=C1OC(Cn2cnc3ccccc32)CC12CCN(c1ncnc3[nH]ccc13)CC2. The Balaban J connectivity index is 1.18. The first-order valence-electron chi connectivity index (χ1n) is 10.4. The molecule has 5 heterocycles. The van der Waals surface area contributed by atoms with Crippen molar-refractivity contribution in [3.63, 3.8) is 0 Å². The third kappa shape index (κ3) is 2.67. The number of ether oxygens (including phenoxy) is 1. The monoisotopic (exact) mass is 402 g/mol. The van der Waals surface area contributed by atoms with Crippen LogP contribution in [0, 0.1) is 5.41 Å².